The molecular weight excluding hydrogens is 252 g/mol. The van der Waals surface area contributed by atoms with E-state index < -0.39 is 12.1 Å². The fourth-order valence-corrected chi connectivity index (χ4v) is 2.50. The van der Waals surface area contributed by atoms with Gasteiger partial charge in [0.05, 0.1) is 19.1 Å². The molecule has 2 amide bonds. The predicted octanol–water partition coefficient (Wildman–Crippen LogP) is -0.833. The minimum Gasteiger partial charge on any atom is -0.479 e. The van der Waals surface area contributed by atoms with Gasteiger partial charge < -0.3 is 19.6 Å². The summed E-state index contributed by atoms with van der Waals surface area (Å²) in [5.74, 6) is -1.56. The number of hydrogen-bond donors (Lipinski definition) is 1. The van der Waals surface area contributed by atoms with E-state index in [1.54, 1.807) is 4.90 Å². The van der Waals surface area contributed by atoms with Gasteiger partial charge in [-0.15, -0.1) is 0 Å². The predicted molar refractivity (Wildman–Crippen MR) is 64.3 cm³/mol. The highest BCUT2D eigenvalue weighted by Gasteiger charge is 2.38. The minimum absolute atomic E-state index is 0.0103. The fraction of sp³-hybridized carbons (Fsp3) is 0.750. The van der Waals surface area contributed by atoms with Gasteiger partial charge in [0, 0.05) is 26.1 Å². The van der Waals surface area contributed by atoms with Crippen molar-refractivity contribution in [1.82, 2.24) is 9.80 Å². The Morgan fingerprint density at radius 3 is 2.74 bits per heavy atom. The molecule has 1 N–H and O–H groups in total. The van der Waals surface area contributed by atoms with Crippen molar-refractivity contribution in [2.24, 2.45) is 5.92 Å². The molecule has 0 saturated carbocycles. The Hall–Kier alpha value is -1.63. The topological polar surface area (TPSA) is 87.2 Å². The molecule has 0 bridgehead atoms. The molecule has 2 fully saturated rings. The molecule has 0 aromatic carbocycles. The molecule has 2 rings (SSSR count). The number of carboxylic acids is 1. The number of amides is 2. The van der Waals surface area contributed by atoms with Gasteiger partial charge in [0.1, 0.15) is 0 Å². The van der Waals surface area contributed by atoms with Gasteiger partial charge in [-0.2, -0.15) is 0 Å². The zero-order valence-electron chi connectivity index (χ0n) is 10.9. The molecule has 2 saturated heterocycles. The Morgan fingerprint density at radius 1 is 1.42 bits per heavy atom. The van der Waals surface area contributed by atoms with Gasteiger partial charge >= 0.3 is 5.97 Å². The number of ether oxygens (including phenoxy) is 1. The van der Waals surface area contributed by atoms with E-state index in [0.717, 1.165) is 0 Å². The molecule has 2 aliphatic rings. The third kappa shape index (κ3) is 2.86. The molecular formula is C12H18N2O5. The van der Waals surface area contributed by atoms with Crippen LogP contribution < -0.4 is 0 Å². The highest BCUT2D eigenvalue weighted by Crippen LogP contribution is 2.21. The molecule has 2 atom stereocenters. The number of rotatable bonds is 3. The second kappa shape index (κ2) is 5.56. The summed E-state index contributed by atoms with van der Waals surface area (Å²) in [5, 5.41) is 8.90. The van der Waals surface area contributed by atoms with Gasteiger partial charge in [-0.1, -0.05) is 0 Å². The normalized spacial score (nSPS) is 27.7. The summed E-state index contributed by atoms with van der Waals surface area (Å²) in [6, 6.07) is 0. The fourth-order valence-electron chi connectivity index (χ4n) is 2.50. The first-order chi connectivity index (χ1) is 9.02. The van der Waals surface area contributed by atoms with Gasteiger partial charge in [0.15, 0.2) is 6.10 Å². The van der Waals surface area contributed by atoms with Crippen molar-refractivity contribution in [3.05, 3.63) is 0 Å². The summed E-state index contributed by atoms with van der Waals surface area (Å²) < 4.78 is 5.08. The number of hydrogen-bond acceptors (Lipinski definition) is 4. The van der Waals surface area contributed by atoms with E-state index in [0.29, 0.717) is 19.6 Å². The van der Waals surface area contributed by atoms with E-state index in [4.69, 9.17) is 9.84 Å². The van der Waals surface area contributed by atoms with Crippen LogP contribution in [0.2, 0.25) is 0 Å². The Morgan fingerprint density at radius 2 is 2.16 bits per heavy atom. The molecule has 0 aliphatic carbocycles. The van der Waals surface area contributed by atoms with E-state index in [2.05, 4.69) is 0 Å². The second-order valence-corrected chi connectivity index (χ2v) is 4.82. The summed E-state index contributed by atoms with van der Waals surface area (Å²) in [7, 11) is 0. The first-order valence-electron chi connectivity index (χ1n) is 6.44. The van der Waals surface area contributed by atoms with Crippen molar-refractivity contribution in [3.8, 4) is 0 Å². The number of carboxylic acid groups (broad SMARTS) is 1. The van der Waals surface area contributed by atoms with Crippen molar-refractivity contribution in [2.75, 3.05) is 32.8 Å². The van der Waals surface area contributed by atoms with Crippen LogP contribution in [-0.4, -0.2) is 71.6 Å². The average molecular weight is 270 g/mol. The van der Waals surface area contributed by atoms with Gasteiger partial charge in [0.25, 0.3) is 0 Å². The third-order valence-corrected chi connectivity index (χ3v) is 3.60. The van der Waals surface area contributed by atoms with Gasteiger partial charge in [-0.05, 0) is 6.92 Å². The highest BCUT2D eigenvalue weighted by atomic mass is 16.5. The van der Waals surface area contributed by atoms with Crippen molar-refractivity contribution in [2.45, 2.75) is 19.4 Å². The van der Waals surface area contributed by atoms with Gasteiger partial charge in [-0.3, -0.25) is 9.59 Å². The maximum absolute atomic E-state index is 12.3. The summed E-state index contributed by atoms with van der Waals surface area (Å²) in [6.07, 6.45) is -0.737. The lowest BCUT2D eigenvalue weighted by Crippen LogP contribution is -2.50. The highest BCUT2D eigenvalue weighted by molar-refractivity contribution is 5.89. The number of morpholine rings is 1. The number of likely N-dealkylation sites (tertiary alicyclic amines) is 1. The number of nitrogens with zero attached hydrogens (tertiary/aromatic N) is 2. The number of carbonyl (C=O) groups excluding carboxylic acids is 2. The molecule has 0 spiro atoms. The minimum atomic E-state index is -1.06. The summed E-state index contributed by atoms with van der Waals surface area (Å²) in [6.45, 7) is 3.58. The molecule has 106 valence electrons. The zero-order valence-corrected chi connectivity index (χ0v) is 10.9. The van der Waals surface area contributed by atoms with Crippen LogP contribution in [0.5, 0.6) is 0 Å². The Labute approximate surface area is 111 Å². The van der Waals surface area contributed by atoms with E-state index in [9.17, 15) is 14.4 Å². The van der Waals surface area contributed by atoms with E-state index >= 15 is 0 Å². The molecule has 19 heavy (non-hydrogen) atoms. The Kier molecular flexibility index (Phi) is 4.04. The van der Waals surface area contributed by atoms with Crippen LogP contribution in [0.25, 0.3) is 0 Å². The summed E-state index contributed by atoms with van der Waals surface area (Å²) in [4.78, 5) is 37.9. The quantitative estimate of drug-likeness (QED) is 0.723. The van der Waals surface area contributed by atoms with Crippen LogP contribution in [0.4, 0.5) is 0 Å². The lowest BCUT2D eigenvalue weighted by molar-refractivity contribution is -0.160. The zero-order chi connectivity index (χ0) is 14.0. The standard InChI is InChI=1S/C12H18N2O5/c1-2-13-6-8(5-10(13)15)11(16)14-3-4-19-9(7-14)12(17)18/h8-9H,2-7H2,1H3,(H,17,18)/t8-,9-/m0/s1. The van der Waals surface area contributed by atoms with Crippen molar-refractivity contribution in [1.29, 1.82) is 0 Å². The molecule has 2 aliphatic heterocycles. The number of carbonyl (C=O) groups is 3. The lowest BCUT2D eigenvalue weighted by atomic mass is 10.1. The molecule has 7 heteroatoms. The van der Waals surface area contributed by atoms with Crippen LogP contribution >= 0.6 is 0 Å². The van der Waals surface area contributed by atoms with Crippen LogP contribution in [0.1, 0.15) is 13.3 Å². The molecule has 7 nitrogen and oxygen atoms in total. The van der Waals surface area contributed by atoms with E-state index in [1.807, 2.05) is 6.92 Å². The maximum atomic E-state index is 12.3. The number of aliphatic carboxylic acids is 1. The van der Waals surface area contributed by atoms with Crippen LogP contribution in [-0.2, 0) is 19.1 Å². The smallest absolute Gasteiger partial charge is 0.334 e. The second-order valence-electron chi connectivity index (χ2n) is 4.82. The summed E-state index contributed by atoms with van der Waals surface area (Å²) >= 11 is 0. The molecule has 2 heterocycles. The van der Waals surface area contributed by atoms with Gasteiger partial charge in [-0.25, -0.2) is 4.79 Å². The van der Waals surface area contributed by atoms with Crippen molar-refractivity contribution in [3.63, 3.8) is 0 Å². The average Bonchev–Trinajstić information content (AvgIpc) is 2.79. The first-order valence-corrected chi connectivity index (χ1v) is 6.44. The van der Waals surface area contributed by atoms with E-state index in [-0.39, 0.29) is 37.3 Å². The van der Waals surface area contributed by atoms with Gasteiger partial charge in [0.2, 0.25) is 11.8 Å². The van der Waals surface area contributed by atoms with E-state index in [1.165, 1.54) is 4.90 Å². The summed E-state index contributed by atoms with van der Waals surface area (Å²) in [5.41, 5.74) is 0. The first kappa shape index (κ1) is 13.8. The Bertz CT molecular complexity index is 398. The van der Waals surface area contributed by atoms with Crippen LogP contribution in [0.3, 0.4) is 0 Å². The lowest BCUT2D eigenvalue weighted by Gasteiger charge is -2.32. The van der Waals surface area contributed by atoms with Crippen molar-refractivity contribution >= 4 is 17.8 Å². The molecule has 0 unspecified atom stereocenters. The molecule has 0 radical (unpaired) electrons. The largest absolute Gasteiger partial charge is 0.479 e. The Balaban J connectivity index is 1.96. The molecule has 0 aromatic heterocycles. The van der Waals surface area contributed by atoms with Crippen LogP contribution in [0, 0.1) is 5.92 Å². The maximum Gasteiger partial charge on any atom is 0.334 e. The SMILES string of the molecule is CCN1C[C@@H](C(=O)N2CCO[C@H](C(=O)O)C2)CC1=O. The van der Waals surface area contributed by atoms with Crippen molar-refractivity contribution < 1.29 is 24.2 Å². The molecule has 0 aromatic rings. The third-order valence-electron chi connectivity index (χ3n) is 3.60. The van der Waals surface area contributed by atoms with Crippen LogP contribution in [0.15, 0.2) is 0 Å². The monoisotopic (exact) mass is 270 g/mol.